The minimum atomic E-state index is -4.52. The maximum absolute atomic E-state index is 13.4. The Kier molecular flexibility index (Phi) is 5.96. The number of hydrogen-bond acceptors (Lipinski definition) is 5. The van der Waals surface area contributed by atoms with Crippen LogP contribution in [0.3, 0.4) is 0 Å². The molecule has 36 heavy (non-hydrogen) atoms. The molecule has 11 heteroatoms. The van der Waals surface area contributed by atoms with Crippen molar-refractivity contribution in [3.05, 3.63) is 71.9 Å². The van der Waals surface area contributed by atoms with Crippen molar-refractivity contribution in [2.75, 3.05) is 22.5 Å². The molecule has 0 atom stereocenters. The summed E-state index contributed by atoms with van der Waals surface area (Å²) in [7, 11) is 0. The van der Waals surface area contributed by atoms with Crippen LogP contribution in [-0.2, 0) is 6.18 Å². The van der Waals surface area contributed by atoms with Crippen LogP contribution in [0.4, 0.5) is 36.2 Å². The zero-order chi connectivity index (χ0) is 25.3. The SMILES string of the molecule is CCCNc1cc2nc(Nc3ccccc3C(F)(F)F)[nH]c2cc1C(=O)Nc1ccc2cn[nH]c2c1. The van der Waals surface area contributed by atoms with E-state index in [9.17, 15) is 18.0 Å². The summed E-state index contributed by atoms with van der Waals surface area (Å²) < 4.78 is 40.2. The van der Waals surface area contributed by atoms with Gasteiger partial charge in [0.25, 0.3) is 5.91 Å². The largest absolute Gasteiger partial charge is 0.418 e. The number of amides is 1. The number of carbonyl (C=O) groups excluding carboxylic acids is 1. The van der Waals surface area contributed by atoms with Gasteiger partial charge in [-0.1, -0.05) is 19.1 Å². The highest BCUT2D eigenvalue weighted by Gasteiger charge is 2.33. The maximum Gasteiger partial charge on any atom is 0.418 e. The number of para-hydroxylation sites is 1. The number of H-pyrrole nitrogens is 2. The molecule has 1 amide bonds. The van der Waals surface area contributed by atoms with Gasteiger partial charge in [0.05, 0.1) is 39.6 Å². The maximum atomic E-state index is 13.4. The molecule has 3 aromatic carbocycles. The summed E-state index contributed by atoms with van der Waals surface area (Å²) in [6.07, 6.45) is -1.99. The lowest BCUT2D eigenvalue weighted by molar-refractivity contribution is -0.136. The first-order valence-electron chi connectivity index (χ1n) is 11.3. The second-order valence-corrected chi connectivity index (χ2v) is 8.22. The third kappa shape index (κ3) is 4.67. The molecule has 5 aromatic rings. The highest BCUT2D eigenvalue weighted by Crippen LogP contribution is 2.36. The molecular formula is C25H22F3N7O. The molecule has 0 saturated carbocycles. The van der Waals surface area contributed by atoms with Gasteiger partial charge in [-0.25, -0.2) is 4.98 Å². The third-order valence-corrected chi connectivity index (χ3v) is 5.62. The topological polar surface area (TPSA) is 111 Å². The molecule has 0 aliphatic carbocycles. The van der Waals surface area contributed by atoms with Crippen LogP contribution in [0.25, 0.3) is 21.9 Å². The van der Waals surface area contributed by atoms with Gasteiger partial charge in [-0.2, -0.15) is 18.3 Å². The molecule has 0 aliphatic heterocycles. The van der Waals surface area contributed by atoms with Crippen LogP contribution in [-0.4, -0.2) is 32.6 Å². The van der Waals surface area contributed by atoms with E-state index in [0.29, 0.717) is 34.5 Å². The molecule has 0 aliphatic rings. The molecule has 2 aromatic heterocycles. The number of anilines is 4. The first-order chi connectivity index (χ1) is 17.3. The van der Waals surface area contributed by atoms with E-state index in [1.807, 2.05) is 13.0 Å². The molecule has 0 bridgehead atoms. The number of aromatic amines is 2. The Morgan fingerprint density at radius 2 is 1.86 bits per heavy atom. The zero-order valence-electron chi connectivity index (χ0n) is 19.1. The number of benzene rings is 3. The second-order valence-electron chi connectivity index (χ2n) is 8.22. The van der Waals surface area contributed by atoms with Crippen molar-refractivity contribution in [1.82, 2.24) is 20.2 Å². The molecule has 0 fully saturated rings. The van der Waals surface area contributed by atoms with Crippen molar-refractivity contribution in [2.45, 2.75) is 19.5 Å². The standard InChI is InChI=1S/C25H22F3N7O/c1-2-9-29-20-12-22-21(33-24(34-22)32-18-6-4-3-5-17(18)25(26,27)28)11-16(20)23(36)31-15-8-7-14-13-30-35-19(14)10-15/h3-8,10-13,29H,2,9H2,1H3,(H,30,35)(H,31,36)(H2,32,33,34). The van der Waals surface area contributed by atoms with Crippen LogP contribution in [0.5, 0.6) is 0 Å². The van der Waals surface area contributed by atoms with Crippen LogP contribution in [0.2, 0.25) is 0 Å². The Balaban J connectivity index is 1.47. The van der Waals surface area contributed by atoms with E-state index in [1.165, 1.54) is 18.2 Å². The molecule has 0 unspecified atom stereocenters. The Bertz CT molecular complexity index is 1550. The molecule has 0 saturated heterocycles. The number of fused-ring (bicyclic) bond motifs is 2. The summed E-state index contributed by atoms with van der Waals surface area (Å²) in [5.74, 6) is -0.216. The summed E-state index contributed by atoms with van der Waals surface area (Å²) >= 11 is 0. The van der Waals surface area contributed by atoms with Gasteiger partial charge in [0.2, 0.25) is 5.95 Å². The molecule has 2 heterocycles. The van der Waals surface area contributed by atoms with E-state index in [-0.39, 0.29) is 17.5 Å². The summed E-state index contributed by atoms with van der Waals surface area (Å²) in [5, 5.41) is 16.6. The predicted molar refractivity (Wildman–Crippen MR) is 134 cm³/mol. The first kappa shape index (κ1) is 23.2. The molecule has 8 nitrogen and oxygen atoms in total. The van der Waals surface area contributed by atoms with Gasteiger partial charge in [-0.05, 0) is 48.9 Å². The first-order valence-corrected chi connectivity index (χ1v) is 11.3. The van der Waals surface area contributed by atoms with E-state index >= 15 is 0 Å². The fourth-order valence-corrected chi connectivity index (χ4v) is 3.89. The van der Waals surface area contributed by atoms with E-state index < -0.39 is 11.7 Å². The number of nitrogens with zero attached hydrogens (tertiary/aromatic N) is 2. The van der Waals surface area contributed by atoms with E-state index in [1.54, 1.807) is 30.5 Å². The van der Waals surface area contributed by atoms with E-state index in [4.69, 9.17) is 0 Å². The number of imidazole rings is 1. The quantitative estimate of drug-likeness (QED) is 0.183. The molecule has 0 spiro atoms. The predicted octanol–water partition coefficient (Wildman–Crippen LogP) is 6.28. The molecule has 5 rings (SSSR count). The zero-order valence-corrected chi connectivity index (χ0v) is 19.1. The van der Waals surface area contributed by atoms with Crippen LogP contribution in [0.1, 0.15) is 29.3 Å². The van der Waals surface area contributed by atoms with Gasteiger partial charge in [-0.15, -0.1) is 0 Å². The third-order valence-electron chi connectivity index (χ3n) is 5.62. The lowest BCUT2D eigenvalue weighted by Crippen LogP contribution is -2.15. The van der Waals surface area contributed by atoms with Crippen molar-refractivity contribution in [3.8, 4) is 0 Å². The van der Waals surface area contributed by atoms with Crippen LogP contribution in [0, 0.1) is 0 Å². The number of carbonyl (C=O) groups is 1. The van der Waals surface area contributed by atoms with E-state index in [0.717, 1.165) is 23.4 Å². The average molecular weight is 493 g/mol. The Morgan fingerprint density at radius 3 is 2.67 bits per heavy atom. The number of hydrogen-bond donors (Lipinski definition) is 5. The molecule has 184 valence electrons. The fourth-order valence-electron chi connectivity index (χ4n) is 3.89. The number of halogens is 3. The van der Waals surface area contributed by atoms with Gasteiger partial charge in [0.1, 0.15) is 0 Å². The van der Waals surface area contributed by atoms with E-state index in [2.05, 4.69) is 36.1 Å². The second kappa shape index (κ2) is 9.25. The van der Waals surface area contributed by atoms with Gasteiger partial charge in [0.15, 0.2) is 0 Å². The van der Waals surface area contributed by atoms with Crippen molar-refractivity contribution in [3.63, 3.8) is 0 Å². The van der Waals surface area contributed by atoms with Crippen molar-refractivity contribution < 1.29 is 18.0 Å². The number of rotatable bonds is 7. The normalized spacial score (nSPS) is 11.7. The summed E-state index contributed by atoms with van der Waals surface area (Å²) in [4.78, 5) is 20.6. The Hall–Kier alpha value is -4.54. The monoisotopic (exact) mass is 493 g/mol. The van der Waals surface area contributed by atoms with Gasteiger partial charge in [0, 0.05) is 23.3 Å². The summed E-state index contributed by atoms with van der Waals surface area (Å²) in [5.41, 5.74) is 2.38. The van der Waals surface area contributed by atoms with Crippen molar-refractivity contribution in [2.24, 2.45) is 0 Å². The summed E-state index contributed by atoms with van der Waals surface area (Å²) in [6, 6.07) is 13.9. The number of aromatic nitrogens is 4. The highest BCUT2D eigenvalue weighted by atomic mass is 19.4. The molecule has 5 N–H and O–H groups in total. The van der Waals surface area contributed by atoms with Crippen LogP contribution in [0.15, 0.2) is 60.8 Å². The molecular weight excluding hydrogens is 471 g/mol. The highest BCUT2D eigenvalue weighted by molar-refractivity contribution is 6.10. The fraction of sp³-hybridized carbons (Fsp3) is 0.160. The minimum Gasteiger partial charge on any atom is -0.384 e. The van der Waals surface area contributed by atoms with Crippen molar-refractivity contribution in [1.29, 1.82) is 0 Å². The lowest BCUT2D eigenvalue weighted by atomic mass is 10.1. The summed E-state index contributed by atoms with van der Waals surface area (Å²) in [6.45, 7) is 2.62. The van der Waals surface area contributed by atoms with Gasteiger partial charge in [-0.3, -0.25) is 9.89 Å². The van der Waals surface area contributed by atoms with Gasteiger partial charge >= 0.3 is 6.18 Å². The lowest BCUT2D eigenvalue weighted by Gasteiger charge is -2.12. The molecule has 0 radical (unpaired) electrons. The number of nitrogens with one attached hydrogen (secondary N) is 5. The Morgan fingerprint density at radius 1 is 1.03 bits per heavy atom. The van der Waals surface area contributed by atoms with Gasteiger partial charge < -0.3 is 20.9 Å². The minimum absolute atomic E-state index is 0.124. The van der Waals surface area contributed by atoms with Crippen LogP contribution < -0.4 is 16.0 Å². The number of alkyl halides is 3. The van der Waals surface area contributed by atoms with Crippen molar-refractivity contribution >= 4 is 50.9 Å². The van der Waals surface area contributed by atoms with Crippen LogP contribution >= 0.6 is 0 Å². The average Bonchev–Trinajstić information content (AvgIpc) is 3.47. The Labute approximate surface area is 203 Å². The smallest absolute Gasteiger partial charge is 0.384 e.